The van der Waals surface area contributed by atoms with E-state index in [-0.39, 0.29) is 17.8 Å². The van der Waals surface area contributed by atoms with Crippen molar-refractivity contribution in [1.82, 2.24) is 5.32 Å². The molecule has 2 atom stereocenters. The Morgan fingerprint density at radius 2 is 1.59 bits per heavy atom. The van der Waals surface area contributed by atoms with Crippen molar-refractivity contribution < 1.29 is 24.2 Å². The van der Waals surface area contributed by atoms with Crippen LogP contribution in [0.25, 0.3) is 0 Å². The van der Waals surface area contributed by atoms with E-state index in [1.165, 1.54) is 51.4 Å². The van der Waals surface area contributed by atoms with Crippen LogP contribution in [0, 0.1) is 5.92 Å². The second kappa shape index (κ2) is 17.2. The lowest BCUT2D eigenvalue weighted by Crippen LogP contribution is -2.37. The van der Waals surface area contributed by atoms with E-state index < -0.39 is 18.1 Å². The number of ether oxygens (including phenoxy) is 1. The van der Waals surface area contributed by atoms with Gasteiger partial charge in [-0.1, -0.05) is 78.6 Å². The molecule has 1 aliphatic rings. The van der Waals surface area contributed by atoms with E-state index in [9.17, 15) is 14.4 Å². The second-order valence-electron chi connectivity index (χ2n) is 8.12. The van der Waals surface area contributed by atoms with Gasteiger partial charge in [0.2, 0.25) is 5.91 Å². The summed E-state index contributed by atoms with van der Waals surface area (Å²) in [4.78, 5) is 32.0. The minimum absolute atomic E-state index is 0.148. The number of carboxylic acid groups (broad SMARTS) is 1. The van der Waals surface area contributed by atoms with Gasteiger partial charge in [-0.3, -0.25) is 9.59 Å². The summed E-state index contributed by atoms with van der Waals surface area (Å²) in [5.41, 5.74) is 5.72. The molecular formula is C22H42N2O5. The predicted octanol–water partition coefficient (Wildman–Crippen LogP) is 3.78. The molecular weight excluding hydrogens is 372 g/mol. The monoisotopic (exact) mass is 414 g/mol. The van der Waals surface area contributed by atoms with Gasteiger partial charge in [-0.15, -0.1) is 0 Å². The van der Waals surface area contributed by atoms with Crippen LogP contribution in [0.1, 0.15) is 97.8 Å². The maximum atomic E-state index is 11.5. The van der Waals surface area contributed by atoms with Crippen LogP contribution in [0.15, 0.2) is 0 Å². The molecule has 0 bridgehead atoms. The first-order valence-corrected chi connectivity index (χ1v) is 11.2. The molecule has 0 aromatic rings. The third-order valence-corrected chi connectivity index (χ3v) is 5.03. The summed E-state index contributed by atoms with van der Waals surface area (Å²) < 4.78 is 5.17. The summed E-state index contributed by atoms with van der Waals surface area (Å²) >= 11 is 0. The van der Waals surface area contributed by atoms with Gasteiger partial charge in [-0.2, -0.15) is 0 Å². The molecule has 0 radical (unpaired) electrons. The highest BCUT2D eigenvalue weighted by molar-refractivity contribution is 5.87. The minimum atomic E-state index is -0.944. The zero-order valence-corrected chi connectivity index (χ0v) is 18.6. The molecule has 1 heterocycles. The fourth-order valence-corrected chi connectivity index (χ4v) is 2.93. The Morgan fingerprint density at radius 3 is 1.97 bits per heavy atom. The highest BCUT2D eigenvalue weighted by atomic mass is 16.5. The van der Waals surface area contributed by atoms with Crippen LogP contribution in [0.3, 0.4) is 0 Å². The van der Waals surface area contributed by atoms with Crippen molar-refractivity contribution in [3.63, 3.8) is 0 Å². The molecule has 1 amide bonds. The number of carboxylic acids is 1. The molecule has 0 aromatic carbocycles. The van der Waals surface area contributed by atoms with Crippen LogP contribution in [0.4, 0.5) is 0 Å². The molecule has 7 nitrogen and oxygen atoms in total. The first-order valence-electron chi connectivity index (χ1n) is 11.2. The van der Waals surface area contributed by atoms with Crippen LogP contribution < -0.4 is 11.1 Å². The van der Waals surface area contributed by atoms with Crippen molar-refractivity contribution in [3.05, 3.63) is 0 Å². The molecule has 1 saturated heterocycles. The van der Waals surface area contributed by atoms with Gasteiger partial charge in [-0.25, -0.2) is 4.79 Å². The number of carbonyl (C=O) groups excluding carboxylic acids is 2. The van der Waals surface area contributed by atoms with Crippen molar-refractivity contribution in [3.8, 4) is 0 Å². The van der Waals surface area contributed by atoms with Gasteiger partial charge >= 0.3 is 11.9 Å². The van der Waals surface area contributed by atoms with Crippen LogP contribution in [0.5, 0.6) is 0 Å². The highest BCUT2D eigenvalue weighted by Crippen LogP contribution is 2.10. The van der Waals surface area contributed by atoms with E-state index in [0.717, 1.165) is 12.8 Å². The van der Waals surface area contributed by atoms with Crippen molar-refractivity contribution >= 4 is 17.8 Å². The Morgan fingerprint density at radius 1 is 1.07 bits per heavy atom. The van der Waals surface area contributed by atoms with Gasteiger partial charge < -0.3 is 20.9 Å². The average Bonchev–Trinajstić information content (AvgIpc) is 3.12. The van der Waals surface area contributed by atoms with Crippen molar-refractivity contribution in [2.24, 2.45) is 11.7 Å². The number of carbonyl (C=O) groups is 3. The number of nitrogens with one attached hydrogen (secondary N) is 1. The van der Waals surface area contributed by atoms with Crippen LogP contribution in [-0.2, 0) is 19.1 Å². The maximum Gasteiger partial charge on any atom is 0.326 e. The fraction of sp³-hybridized carbons (Fsp3) is 0.864. The number of nitrogens with two attached hydrogens (primary N) is 1. The molecule has 1 rings (SSSR count). The third-order valence-electron chi connectivity index (χ3n) is 5.03. The lowest BCUT2D eigenvalue weighted by molar-refractivity contribution is -0.146. The Hall–Kier alpha value is -1.63. The Balaban J connectivity index is 0.000000717. The third kappa shape index (κ3) is 14.9. The number of hydrogen-bond donors (Lipinski definition) is 3. The normalized spacial score (nSPS) is 16.7. The van der Waals surface area contributed by atoms with Gasteiger partial charge in [0.1, 0.15) is 12.1 Å². The molecule has 1 aliphatic heterocycles. The lowest BCUT2D eigenvalue weighted by Gasteiger charge is -2.14. The highest BCUT2D eigenvalue weighted by Gasteiger charge is 2.26. The number of esters is 1. The number of aliphatic carboxylic acids is 1. The van der Waals surface area contributed by atoms with Crippen LogP contribution >= 0.6 is 0 Å². The summed E-state index contributed by atoms with van der Waals surface area (Å²) in [5, 5.41) is 10.6. The van der Waals surface area contributed by atoms with Gasteiger partial charge in [0.15, 0.2) is 0 Å². The topological polar surface area (TPSA) is 119 Å². The molecule has 0 unspecified atom stereocenters. The van der Waals surface area contributed by atoms with E-state index in [1.54, 1.807) is 0 Å². The van der Waals surface area contributed by atoms with Gasteiger partial charge in [0.05, 0.1) is 6.61 Å². The summed E-state index contributed by atoms with van der Waals surface area (Å²) in [6.45, 7) is 6.65. The number of unbranched alkanes of at least 4 members (excludes halogenated alkanes) is 9. The van der Waals surface area contributed by atoms with Gasteiger partial charge in [0.25, 0.3) is 0 Å². The molecule has 0 saturated carbocycles. The maximum absolute atomic E-state index is 11.5. The largest absolute Gasteiger partial charge is 0.480 e. The van der Waals surface area contributed by atoms with E-state index in [0.29, 0.717) is 19.4 Å². The Kier molecular flexibility index (Phi) is 16.3. The van der Waals surface area contributed by atoms with Gasteiger partial charge in [-0.05, 0) is 18.8 Å². The Labute approximate surface area is 176 Å². The number of hydrogen-bond acceptors (Lipinski definition) is 5. The molecule has 170 valence electrons. The fourth-order valence-electron chi connectivity index (χ4n) is 2.93. The summed E-state index contributed by atoms with van der Waals surface area (Å²) in [6.07, 6.45) is 13.6. The van der Waals surface area contributed by atoms with Crippen LogP contribution in [-0.4, -0.2) is 41.6 Å². The van der Waals surface area contributed by atoms with Gasteiger partial charge in [0, 0.05) is 6.42 Å². The summed E-state index contributed by atoms with van der Waals surface area (Å²) in [6, 6.07) is -1.12. The summed E-state index contributed by atoms with van der Waals surface area (Å²) in [7, 11) is 0. The molecule has 7 heteroatoms. The summed E-state index contributed by atoms with van der Waals surface area (Å²) in [5.74, 6) is -1.21. The van der Waals surface area contributed by atoms with E-state index in [1.807, 2.05) is 13.8 Å². The smallest absolute Gasteiger partial charge is 0.326 e. The second-order valence-corrected chi connectivity index (χ2v) is 8.12. The van der Waals surface area contributed by atoms with Crippen molar-refractivity contribution in [2.45, 2.75) is 110 Å². The molecule has 0 spiro atoms. The van der Waals surface area contributed by atoms with E-state index in [4.69, 9.17) is 15.6 Å². The van der Waals surface area contributed by atoms with Crippen molar-refractivity contribution in [1.29, 1.82) is 0 Å². The van der Waals surface area contributed by atoms with Crippen LogP contribution in [0.2, 0.25) is 0 Å². The SMILES string of the molecule is CCCCCCCCCCCCOC(=O)[C@@H](N)C(C)C.O=C1CC[C@@H](C(=O)O)N1. The number of amides is 1. The zero-order valence-electron chi connectivity index (χ0n) is 18.6. The Bertz CT molecular complexity index is 468. The van der Waals surface area contributed by atoms with E-state index >= 15 is 0 Å². The predicted molar refractivity (Wildman–Crippen MR) is 114 cm³/mol. The van der Waals surface area contributed by atoms with E-state index in [2.05, 4.69) is 12.2 Å². The number of rotatable bonds is 14. The zero-order chi connectivity index (χ0) is 22.1. The molecule has 0 aromatic heterocycles. The first kappa shape index (κ1) is 27.4. The quantitative estimate of drug-likeness (QED) is 0.294. The standard InChI is InChI=1S/C17H35NO2.C5H7NO3/c1-4-5-6-7-8-9-10-11-12-13-14-20-17(19)16(18)15(2)3;7-4-2-1-3(6-4)5(8)9/h15-16H,4-14,18H2,1-3H3;3H,1-2H2,(H,6,7)(H,8,9)/t16-;3-/m00/s1. The molecule has 29 heavy (non-hydrogen) atoms. The molecule has 1 fully saturated rings. The first-order chi connectivity index (χ1) is 13.8. The minimum Gasteiger partial charge on any atom is -0.480 e. The molecule has 4 N–H and O–H groups in total. The average molecular weight is 415 g/mol. The van der Waals surface area contributed by atoms with Crippen molar-refractivity contribution in [2.75, 3.05) is 6.61 Å². The molecule has 0 aliphatic carbocycles. The lowest BCUT2D eigenvalue weighted by atomic mass is 10.1.